The van der Waals surface area contributed by atoms with Gasteiger partial charge in [-0.05, 0) is 44.0 Å². The van der Waals surface area contributed by atoms with Crippen LogP contribution in [0.1, 0.15) is 35.0 Å². The van der Waals surface area contributed by atoms with Gasteiger partial charge in [0.25, 0.3) is 5.91 Å². The molecular formula is C20H25N3O2. The average Bonchev–Trinajstić information content (AvgIpc) is 3.09. The van der Waals surface area contributed by atoms with Crippen LogP contribution in [0.4, 0.5) is 5.69 Å². The summed E-state index contributed by atoms with van der Waals surface area (Å²) >= 11 is 0. The fraction of sp³-hybridized carbons (Fsp3) is 0.450. The van der Waals surface area contributed by atoms with E-state index in [1.807, 2.05) is 11.0 Å². The Balaban J connectivity index is 1.55. The summed E-state index contributed by atoms with van der Waals surface area (Å²) in [4.78, 5) is 17.2. The van der Waals surface area contributed by atoms with E-state index in [9.17, 15) is 4.79 Å². The zero-order valence-corrected chi connectivity index (χ0v) is 14.7. The first kappa shape index (κ1) is 16.2. The van der Waals surface area contributed by atoms with Crippen molar-refractivity contribution in [2.75, 3.05) is 31.1 Å². The molecule has 0 saturated carbocycles. The summed E-state index contributed by atoms with van der Waals surface area (Å²) in [5.74, 6) is 0.516. The van der Waals surface area contributed by atoms with Gasteiger partial charge in [0.2, 0.25) is 0 Å². The normalized spacial score (nSPS) is 20.4. The highest BCUT2D eigenvalue weighted by atomic mass is 16.3. The lowest BCUT2D eigenvalue weighted by molar-refractivity contribution is 0.0733. The van der Waals surface area contributed by atoms with Crippen molar-refractivity contribution in [2.24, 2.45) is 0 Å². The summed E-state index contributed by atoms with van der Waals surface area (Å²) in [6.45, 7) is 6.29. The van der Waals surface area contributed by atoms with Crippen molar-refractivity contribution in [3.8, 4) is 0 Å². The van der Waals surface area contributed by atoms with Gasteiger partial charge in [-0.25, -0.2) is 0 Å². The molecule has 1 saturated heterocycles. The van der Waals surface area contributed by atoms with Gasteiger partial charge in [0.15, 0.2) is 5.76 Å². The number of benzene rings is 1. The summed E-state index contributed by atoms with van der Waals surface area (Å²) in [5, 5.41) is 3.33. The van der Waals surface area contributed by atoms with E-state index in [4.69, 9.17) is 4.42 Å². The smallest absolute Gasteiger partial charge is 0.289 e. The molecule has 0 radical (unpaired) electrons. The minimum Gasteiger partial charge on any atom is -0.459 e. The third kappa shape index (κ3) is 3.16. The highest BCUT2D eigenvalue weighted by Crippen LogP contribution is 2.33. The predicted molar refractivity (Wildman–Crippen MR) is 97.9 cm³/mol. The van der Waals surface area contributed by atoms with E-state index in [2.05, 4.69) is 41.4 Å². The number of fused-ring (bicyclic) bond motifs is 1. The Hall–Kier alpha value is -2.27. The van der Waals surface area contributed by atoms with Crippen molar-refractivity contribution in [1.29, 1.82) is 0 Å². The van der Waals surface area contributed by atoms with Gasteiger partial charge in [-0.1, -0.05) is 18.2 Å². The Morgan fingerprint density at radius 3 is 3.04 bits per heavy atom. The molecule has 4 rings (SSSR count). The average molecular weight is 339 g/mol. The number of hydrogen-bond donors (Lipinski definition) is 1. The maximum Gasteiger partial charge on any atom is 0.289 e. The number of carbonyl (C=O) groups excluding carboxylic acids is 1. The summed E-state index contributed by atoms with van der Waals surface area (Å²) in [6.07, 6.45) is 3.68. The van der Waals surface area contributed by atoms with Crippen molar-refractivity contribution in [2.45, 2.75) is 32.4 Å². The molecule has 1 aromatic heterocycles. The van der Waals surface area contributed by atoms with Gasteiger partial charge in [0.05, 0.1) is 6.26 Å². The van der Waals surface area contributed by atoms with Crippen molar-refractivity contribution >= 4 is 11.6 Å². The minimum absolute atomic E-state index is 0.0174. The van der Waals surface area contributed by atoms with Gasteiger partial charge in [-0.3, -0.25) is 4.79 Å². The Bertz CT molecular complexity index is 747. The first-order valence-electron chi connectivity index (χ1n) is 9.15. The monoisotopic (exact) mass is 339 g/mol. The molecule has 0 bridgehead atoms. The number of para-hydroxylation sites is 1. The Morgan fingerprint density at radius 1 is 1.24 bits per heavy atom. The van der Waals surface area contributed by atoms with Gasteiger partial charge in [0.1, 0.15) is 0 Å². The van der Waals surface area contributed by atoms with Gasteiger partial charge in [0, 0.05) is 43.5 Å². The lowest BCUT2D eigenvalue weighted by Gasteiger charge is -2.25. The maximum absolute atomic E-state index is 12.9. The van der Waals surface area contributed by atoms with Crippen molar-refractivity contribution in [3.05, 3.63) is 53.5 Å². The van der Waals surface area contributed by atoms with Gasteiger partial charge < -0.3 is 19.5 Å². The molecule has 1 N–H and O–H groups in total. The first-order chi connectivity index (χ1) is 12.2. The van der Waals surface area contributed by atoms with E-state index in [1.165, 1.54) is 11.3 Å². The molecule has 5 heteroatoms. The van der Waals surface area contributed by atoms with E-state index in [-0.39, 0.29) is 5.91 Å². The second-order valence-corrected chi connectivity index (χ2v) is 6.98. The molecule has 2 aliphatic rings. The third-order valence-electron chi connectivity index (χ3n) is 5.26. The maximum atomic E-state index is 12.9. The number of anilines is 1. The third-order valence-corrected chi connectivity index (χ3v) is 5.26. The minimum atomic E-state index is 0.0174. The zero-order valence-electron chi connectivity index (χ0n) is 14.7. The van der Waals surface area contributed by atoms with Crippen LogP contribution in [0.25, 0.3) is 0 Å². The second kappa shape index (κ2) is 6.92. The molecule has 1 amide bonds. The fourth-order valence-corrected chi connectivity index (χ4v) is 3.89. The predicted octanol–water partition coefficient (Wildman–Crippen LogP) is 2.67. The number of nitrogens with zero attached hydrogens (tertiary/aromatic N) is 2. The van der Waals surface area contributed by atoms with Gasteiger partial charge in [-0.15, -0.1) is 0 Å². The number of hydrogen-bond acceptors (Lipinski definition) is 4. The summed E-state index contributed by atoms with van der Waals surface area (Å²) < 4.78 is 5.62. The largest absolute Gasteiger partial charge is 0.459 e. The molecule has 0 aliphatic carbocycles. The Labute approximate surface area is 148 Å². The van der Waals surface area contributed by atoms with Crippen molar-refractivity contribution < 1.29 is 9.21 Å². The fourth-order valence-electron chi connectivity index (χ4n) is 3.89. The lowest BCUT2D eigenvalue weighted by atomic mass is 10.1. The SMILES string of the molecule is C[C@@H]1Cc2ccccc2N1Cc1ccoc1C(=O)N1CCCNCC1. The van der Waals surface area contributed by atoms with Crippen LogP contribution in [0.5, 0.6) is 0 Å². The van der Waals surface area contributed by atoms with Gasteiger partial charge >= 0.3 is 0 Å². The molecular weight excluding hydrogens is 314 g/mol. The summed E-state index contributed by atoms with van der Waals surface area (Å²) in [5.41, 5.74) is 3.63. The molecule has 2 aliphatic heterocycles. The van der Waals surface area contributed by atoms with E-state index >= 15 is 0 Å². The molecule has 25 heavy (non-hydrogen) atoms. The Morgan fingerprint density at radius 2 is 2.12 bits per heavy atom. The lowest BCUT2D eigenvalue weighted by Crippen LogP contribution is -2.35. The molecule has 1 aromatic carbocycles. The summed E-state index contributed by atoms with van der Waals surface area (Å²) in [6, 6.07) is 10.9. The van der Waals surface area contributed by atoms with Crippen LogP contribution in [0.15, 0.2) is 41.0 Å². The van der Waals surface area contributed by atoms with Crippen LogP contribution >= 0.6 is 0 Å². The summed E-state index contributed by atoms with van der Waals surface area (Å²) in [7, 11) is 0. The molecule has 2 aromatic rings. The van der Waals surface area contributed by atoms with Gasteiger partial charge in [-0.2, -0.15) is 0 Å². The van der Waals surface area contributed by atoms with Crippen LogP contribution in [-0.2, 0) is 13.0 Å². The second-order valence-electron chi connectivity index (χ2n) is 6.98. The quantitative estimate of drug-likeness (QED) is 0.934. The van der Waals surface area contributed by atoms with Crippen LogP contribution in [0, 0.1) is 0 Å². The van der Waals surface area contributed by atoms with Crippen LogP contribution < -0.4 is 10.2 Å². The highest BCUT2D eigenvalue weighted by Gasteiger charge is 2.29. The van der Waals surface area contributed by atoms with E-state index < -0.39 is 0 Å². The molecule has 0 spiro atoms. The molecule has 1 fully saturated rings. The molecule has 5 nitrogen and oxygen atoms in total. The standard InChI is InChI=1S/C20H25N3O2/c1-15-13-16-5-2-3-6-18(16)23(15)14-17-7-12-25-19(17)20(24)22-10-4-8-21-9-11-22/h2-3,5-7,12,15,21H,4,8-11,13-14H2,1H3/t15-/m1/s1. The molecule has 3 heterocycles. The topological polar surface area (TPSA) is 48.7 Å². The van der Waals surface area contributed by atoms with Crippen molar-refractivity contribution in [3.63, 3.8) is 0 Å². The van der Waals surface area contributed by atoms with E-state index in [0.717, 1.165) is 44.6 Å². The first-order valence-corrected chi connectivity index (χ1v) is 9.15. The van der Waals surface area contributed by atoms with Crippen LogP contribution in [-0.4, -0.2) is 43.0 Å². The zero-order chi connectivity index (χ0) is 17.2. The number of rotatable bonds is 3. The van der Waals surface area contributed by atoms with Crippen molar-refractivity contribution in [1.82, 2.24) is 10.2 Å². The van der Waals surface area contributed by atoms with Crippen LogP contribution in [0.2, 0.25) is 0 Å². The molecule has 0 unspecified atom stereocenters. The number of nitrogens with one attached hydrogen (secondary N) is 1. The van der Waals surface area contributed by atoms with E-state index in [0.29, 0.717) is 18.3 Å². The Kier molecular flexibility index (Phi) is 4.49. The number of furan rings is 1. The molecule has 1 atom stereocenters. The number of amides is 1. The van der Waals surface area contributed by atoms with Crippen LogP contribution in [0.3, 0.4) is 0 Å². The van der Waals surface area contributed by atoms with E-state index in [1.54, 1.807) is 6.26 Å². The number of carbonyl (C=O) groups is 1. The molecule has 132 valence electrons. The highest BCUT2D eigenvalue weighted by molar-refractivity contribution is 5.93.